The second kappa shape index (κ2) is 7.07. The minimum absolute atomic E-state index is 0.154. The van der Waals surface area contributed by atoms with Crippen molar-refractivity contribution in [3.8, 4) is 0 Å². The van der Waals surface area contributed by atoms with E-state index in [0.29, 0.717) is 0 Å². The molecule has 0 radical (unpaired) electrons. The van der Waals surface area contributed by atoms with Crippen LogP contribution in [0.4, 0.5) is 5.82 Å². The number of hydrogen-bond acceptors (Lipinski definition) is 3. The maximum atomic E-state index is 4.66. The van der Waals surface area contributed by atoms with Crippen LogP contribution in [-0.4, -0.2) is 23.6 Å². The smallest absolute Gasteiger partial charge is 0.128 e. The Bertz CT molecular complexity index is 384. The van der Waals surface area contributed by atoms with Gasteiger partial charge in [0, 0.05) is 31.4 Å². The summed E-state index contributed by atoms with van der Waals surface area (Å²) in [5.74, 6) is 1.14. The SMILES string of the molecule is CC(C)(C)NCc1ccc(N2CCCCCCC2)nc1. The van der Waals surface area contributed by atoms with Crippen LogP contribution in [-0.2, 0) is 6.54 Å². The van der Waals surface area contributed by atoms with Gasteiger partial charge in [-0.3, -0.25) is 0 Å². The average Bonchev–Trinajstić information content (AvgIpc) is 2.36. The van der Waals surface area contributed by atoms with Crippen LogP contribution in [0.25, 0.3) is 0 Å². The van der Waals surface area contributed by atoms with E-state index >= 15 is 0 Å². The predicted octanol–water partition coefficient (Wildman–Crippen LogP) is 3.74. The summed E-state index contributed by atoms with van der Waals surface area (Å²) in [6.07, 6.45) is 8.75. The summed E-state index contributed by atoms with van der Waals surface area (Å²) in [6.45, 7) is 9.77. The molecule has 2 heterocycles. The second-order valence-corrected chi connectivity index (χ2v) is 6.88. The molecule has 0 aliphatic carbocycles. The molecule has 3 nitrogen and oxygen atoms in total. The molecule has 0 atom stereocenters. The zero-order valence-corrected chi connectivity index (χ0v) is 13.3. The lowest BCUT2D eigenvalue weighted by molar-refractivity contribution is 0.424. The number of anilines is 1. The third-order valence-corrected chi connectivity index (χ3v) is 3.81. The number of aromatic nitrogens is 1. The van der Waals surface area contributed by atoms with Crippen molar-refractivity contribution in [1.82, 2.24) is 10.3 Å². The molecule has 1 aliphatic rings. The molecule has 2 rings (SSSR count). The van der Waals surface area contributed by atoms with E-state index < -0.39 is 0 Å². The molecule has 3 heteroatoms. The zero-order chi connectivity index (χ0) is 14.4. The highest BCUT2D eigenvalue weighted by molar-refractivity contribution is 5.39. The molecular formula is C17H29N3. The normalized spacial score (nSPS) is 17.6. The standard InChI is InChI=1S/C17H29N3/c1-17(2,3)19-14-15-9-10-16(18-13-15)20-11-7-5-4-6-8-12-20/h9-10,13,19H,4-8,11-12,14H2,1-3H3. The van der Waals surface area contributed by atoms with Crippen molar-refractivity contribution in [3.05, 3.63) is 23.9 Å². The Morgan fingerprint density at radius 2 is 1.70 bits per heavy atom. The lowest BCUT2D eigenvalue weighted by Gasteiger charge is -2.26. The van der Waals surface area contributed by atoms with E-state index in [9.17, 15) is 0 Å². The first-order valence-electron chi connectivity index (χ1n) is 7.99. The molecule has 1 aliphatic heterocycles. The second-order valence-electron chi connectivity index (χ2n) is 6.88. The molecule has 1 saturated heterocycles. The monoisotopic (exact) mass is 275 g/mol. The molecule has 20 heavy (non-hydrogen) atoms. The molecule has 0 saturated carbocycles. The van der Waals surface area contributed by atoms with Crippen LogP contribution in [0.2, 0.25) is 0 Å². The fourth-order valence-electron chi connectivity index (χ4n) is 2.55. The zero-order valence-electron chi connectivity index (χ0n) is 13.3. The summed E-state index contributed by atoms with van der Waals surface area (Å²) in [7, 11) is 0. The Labute approximate surface area is 123 Å². The van der Waals surface area contributed by atoms with Gasteiger partial charge < -0.3 is 10.2 Å². The molecule has 0 unspecified atom stereocenters. The fourth-order valence-corrected chi connectivity index (χ4v) is 2.55. The van der Waals surface area contributed by atoms with Gasteiger partial charge in [-0.1, -0.05) is 25.3 Å². The van der Waals surface area contributed by atoms with Crippen LogP contribution in [0, 0.1) is 0 Å². The van der Waals surface area contributed by atoms with Crippen molar-refractivity contribution in [3.63, 3.8) is 0 Å². The molecule has 1 aromatic rings. The van der Waals surface area contributed by atoms with Crippen molar-refractivity contribution in [2.45, 2.75) is 65.0 Å². The first kappa shape index (κ1) is 15.3. The predicted molar refractivity (Wildman–Crippen MR) is 86.1 cm³/mol. The Morgan fingerprint density at radius 3 is 2.25 bits per heavy atom. The summed E-state index contributed by atoms with van der Waals surface area (Å²) < 4.78 is 0. The fraction of sp³-hybridized carbons (Fsp3) is 0.706. The van der Waals surface area contributed by atoms with Gasteiger partial charge in [0.1, 0.15) is 5.82 Å². The molecule has 0 bridgehead atoms. The van der Waals surface area contributed by atoms with E-state index in [1.54, 1.807) is 0 Å². The molecular weight excluding hydrogens is 246 g/mol. The Balaban J connectivity index is 1.92. The van der Waals surface area contributed by atoms with Crippen molar-refractivity contribution < 1.29 is 0 Å². The highest BCUT2D eigenvalue weighted by Crippen LogP contribution is 2.17. The highest BCUT2D eigenvalue weighted by atomic mass is 15.2. The lowest BCUT2D eigenvalue weighted by Crippen LogP contribution is -2.35. The number of hydrogen-bond donors (Lipinski definition) is 1. The molecule has 0 aromatic carbocycles. The number of rotatable bonds is 3. The maximum Gasteiger partial charge on any atom is 0.128 e. The Morgan fingerprint density at radius 1 is 1.05 bits per heavy atom. The molecule has 0 amide bonds. The van der Waals surface area contributed by atoms with Crippen molar-refractivity contribution in [1.29, 1.82) is 0 Å². The van der Waals surface area contributed by atoms with Gasteiger partial charge in [-0.15, -0.1) is 0 Å². The van der Waals surface area contributed by atoms with Crippen LogP contribution in [0.15, 0.2) is 18.3 Å². The van der Waals surface area contributed by atoms with E-state index in [4.69, 9.17) is 0 Å². The van der Waals surface area contributed by atoms with Gasteiger partial charge in [0.15, 0.2) is 0 Å². The van der Waals surface area contributed by atoms with Gasteiger partial charge in [0.25, 0.3) is 0 Å². The number of nitrogens with one attached hydrogen (secondary N) is 1. The quantitative estimate of drug-likeness (QED) is 0.911. The average molecular weight is 275 g/mol. The largest absolute Gasteiger partial charge is 0.357 e. The van der Waals surface area contributed by atoms with Gasteiger partial charge in [-0.2, -0.15) is 0 Å². The first-order chi connectivity index (χ1) is 9.54. The van der Waals surface area contributed by atoms with Gasteiger partial charge in [-0.05, 0) is 45.2 Å². The van der Waals surface area contributed by atoms with Gasteiger partial charge in [-0.25, -0.2) is 4.98 Å². The van der Waals surface area contributed by atoms with Crippen LogP contribution < -0.4 is 10.2 Å². The highest BCUT2D eigenvalue weighted by Gasteiger charge is 2.11. The van der Waals surface area contributed by atoms with Crippen molar-refractivity contribution in [2.24, 2.45) is 0 Å². The number of pyridine rings is 1. The molecule has 1 fully saturated rings. The maximum absolute atomic E-state index is 4.66. The van der Waals surface area contributed by atoms with Crippen molar-refractivity contribution in [2.75, 3.05) is 18.0 Å². The third-order valence-electron chi connectivity index (χ3n) is 3.81. The molecule has 1 N–H and O–H groups in total. The third kappa shape index (κ3) is 5.12. The van der Waals surface area contributed by atoms with E-state index in [0.717, 1.165) is 25.5 Å². The van der Waals surface area contributed by atoms with Gasteiger partial charge >= 0.3 is 0 Å². The lowest BCUT2D eigenvalue weighted by atomic mass is 10.1. The minimum Gasteiger partial charge on any atom is -0.357 e. The summed E-state index contributed by atoms with van der Waals surface area (Å²) >= 11 is 0. The topological polar surface area (TPSA) is 28.2 Å². The minimum atomic E-state index is 0.154. The van der Waals surface area contributed by atoms with E-state index in [1.807, 2.05) is 6.20 Å². The van der Waals surface area contributed by atoms with E-state index in [2.05, 4.69) is 48.1 Å². The van der Waals surface area contributed by atoms with E-state index in [-0.39, 0.29) is 5.54 Å². The first-order valence-corrected chi connectivity index (χ1v) is 7.99. The Kier molecular flexibility index (Phi) is 5.41. The van der Waals surface area contributed by atoms with Crippen LogP contribution in [0.1, 0.15) is 58.4 Å². The van der Waals surface area contributed by atoms with Gasteiger partial charge in [0.05, 0.1) is 0 Å². The Hall–Kier alpha value is -1.09. The van der Waals surface area contributed by atoms with E-state index in [1.165, 1.54) is 37.7 Å². The molecule has 1 aromatic heterocycles. The molecule has 0 spiro atoms. The summed E-state index contributed by atoms with van der Waals surface area (Å²) in [5, 5.41) is 3.50. The summed E-state index contributed by atoms with van der Waals surface area (Å²) in [4.78, 5) is 7.11. The number of nitrogens with zero attached hydrogens (tertiary/aromatic N) is 2. The molecule has 112 valence electrons. The summed E-state index contributed by atoms with van der Waals surface area (Å²) in [5.41, 5.74) is 1.41. The van der Waals surface area contributed by atoms with Gasteiger partial charge in [0.2, 0.25) is 0 Å². The van der Waals surface area contributed by atoms with Crippen LogP contribution in [0.3, 0.4) is 0 Å². The van der Waals surface area contributed by atoms with Crippen molar-refractivity contribution >= 4 is 5.82 Å². The van der Waals surface area contributed by atoms with Crippen LogP contribution in [0.5, 0.6) is 0 Å². The summed E-state index contributed by atoms with van der Waals surface area (Å²) in [6, 6.07) is 4.39. The van der Waals surface area contributed by atoms with Crippen LogP contribution >= 0.6 is 0 Å².